The van der Waals surface area contributed by atoms with E-state index in [2.05, 4.69) is 38.2 Å². The van der Waals surface area contributed by atoms with Gasteiger partial charge in [0.1, 0.15) is 16.3 Å². The maximum Gasteiger partial charge on any atom is 0.345 e. The maximum absolute atomic E-state index is 13.4. The summed E-state index contributed by atoms with van der Waals surface area (Å²) >= 11 is 9.78. The summed E-state index contributed by atoms with van der Waals surface area (Å²) < 4.78 is 7.00. The highest BCUT2D eigenvalue weighted by Gasteiger charge is 2.33. The van der Waals surface area contributed by atoms with Gasteiger partial charge in [0, 0.05) is 26.1 Å². The van der Waals surface area contributed by atoms with Crippen molar-refractivity contribution in [2.45, 2.75) is 58.1 Å². The molecule has 1 saturated carbocycles. The number of aryl methyl sites for hydroxylation is 1. The average Bonchev–Trinajstić information content (AvgIpc) is 2.91. The second kappa shape index (κ2) is 11.7. The van der Waals surface area contributed by atoms with E-state index in [1.54, 1.807) is 13.1 Å². The zero-order chi connectivity index (χ0) is 28.5. The molecule has 1 aromatic carbocycles. The Balaban J connectivity index is 1.70. The number of rotatable bonds is 6. The van der Waals surface area contributed by atoms with Crippen LogP contribution < -0.4 is 10.5 Å². The Kier molecular flexibility index (Phi) is 8.71. The van der Waals surface area contributed by atoms with Crippen LogP contribution in [0.2, 0.25) is 5.15 Å². The van der Waals surface area contributed by atoms with E-state index in [1.165, 1.54) is 11.7 Å². The van der Waals surface area contributed by atoms with Crippen molar-refractivity contribution in [2.75, 3.05) is 19.1 Å². The molecule has 10 heteroatoms. The van der Waals surface area contributed by atoms with E-state index < -0.39 is 17.1 Å². The quantitative estimate of drug-likeness (QED) is 0.139. The smallest absolute Gasteiger partial charge is 0.345 e. The molecule has 1 aliphatic rings. The summed E-state index contributed by atoms with van der Waals surface area (Å²) in [6.07, 6.45) is 3.38. The summed E-state index contributed by atoms with van der Waals surface area (Å²) in [5, 5.41) is 4.86. The number of esters is 1. The standard InChI is InChI=1S/C29H34BrClN4O4/c1-29(2,3)39-33-23(17-10-8-7-9-11-17)18-12-14-19(15-13-18)34(4)25-22(28(37)38-6)27(36)35(5)21-16-20(30)26(31)32-24(21)25/h7-11,16,18-19H,12-15H2,1-6H3. The minimum Gasteiger partial charge on any atom is -0.465 e. The third-order valence-electron chi connectivity index (χ3n) is 7.11. The average molecular weight is 618 g/mol. The van der Waals surface area contributed by atoms with Gasteiger partial charge in [0.05, 0.1) is 28.5 Å². The number of methoxy groups -OCH3 is 1. The molecule has 39 heavy (non-hydrogen) atoms. The number of carbonyl (C=O) groups excluding carboxylic acids is 1. The molecular weight excluding hydrogens is 584 g/mol. The molecule has 0 bridgehead atoms. The zero-order valence-corrected chi connectivity index (χ0v) is 25.5. The molecule has 3 aromatic rings. The van der Waals surface area contributed by atoms with E-state index in [0.717, 1.165) is 37.0 Å². The highest BCUT2D eigenvalue weighted by molar-refractivity contribution is 9.10. The molecule has 0 amide bonds. The molecule has 0 atom stereocenters. The van der Waals surface area contributed by atoms with Crippen LogP contribution in [0.5, 0.6) is 0 Å². The van der Waals surface area contributed by atoms with Crippen LogP contribution in [0.3, 0.4) is 0 Å². The third kappa shape index (κ3) is 6.14. The number of carbonyl (C=O) groups is 1. The predicted molar refractivity (Wildman–Crippen MR) is 159 cm³/mol. The van der Waals surface area contributed by atoms with Crippen LogP contribution in [0.1, 0.15) is 62.4 Å². The molecule has 0 unspecified atom stereocenters. The van der Waals surface area contributed by atoms with Crippen LogP contribution in [0.25, 0.3) is 11.0 Å². The van der Waals surface area contributed by atoms with Crippen molar-refractivity contribution in [3.8, 4) is 0 Å². The van der Waals surface area contributed by atoms with E-state index in [1.807, 2.05) is 50.9 Å². The van der Waals surface area contributed by atoms with Crippen LogP contribution >= 0.6 is 27.5 Å². The number of pyridine rings is 2. The lowest BCUT2D eigenvalue weighted by Crippen LogP contribution is -2.40. The number of ether oxygens (including phenoxy) is 1. The first-order chi connectivity index (χ1) is 18.4. The molecule has 0 radical (unpaired) electrons. The van der Waals surface area contributed by atoms with E-state index >= 15 is 0 Å². The molecule has 0 saturated heterocycles. The first kappa shape index (κ1) is 29.1. The Morgan fingerprint density at radius 1 is 1.18 bits per heavy atom. The van der Waals surface area contributed by atoms with Crippen LogP contribution in [0.4, 0.5) is 5.69 Å². The Hall–Kier alpha value is -2.91. The monoisotopic (exact) mass is 616 g/mol. The molecule has 1 fully saturated rings. The fourth-order valence-corrected chi connectivity index (χ4v) is 5.53. The van der Waals surface area contributed by atoms with Crippen LogP contribution in [0.15, 0.2) is 50.8 Å². The van der Waals surface area contributed by atoms with Gasteiger partial charge < -0.3 is 19.0 Å². The van der Waals surface area contributed by atoms with E-state index in [-0.39, 0.29) is 22.7 Å². The lowest BCUT2D eigenvalue weighted by Gasteiger charge is -2.37. The number of oxime groups is 1. The summed E-state index contributed by atoms with van der Waals surface area (Å²) in [6.45, 7) is 5.95. The number of hydrogen-bond acceptors (Lipinski definition) is 7. The van der Waals surface area contributed by atoms with Gasteiger partial charge in [0.15, 0.2) is 5.56 Å². The van der Waals surface area contributed by atoms with Crippen molar-refractivity contribution in [3.05, 3.63) is 67.5 Å². The molecule has 0 spiro atoms. The van der Waals surface area contributed by atoms with Crippen molar-refractivity contribution >= 4 is 55.9 Å². The molecule has 4 rings (SSSR count). The second-order valence-electron chi connectivity index (χ2n) is 10.9. The number of aromatic nitrogens is 2. The van der Waals surface area contributed by atoms with E-state index in [0.29, 0.717) is 21.2 Å². The number of nitrogens with zero attached hydrogens (tertiary/aromatic N) is 4. The Bertz CT molecular complexity index is 1460. The largest absolute Gasteiger partial charge is 0.465 e. The van der Waals surface area contributed by atoms with Crippen LogP contribution in [0, 0.1) is 5.92 Å². The minimum atomic E-state index is -0.702. The topological polar surface area (TPSA) is 86.0 Å². The fourth-order valence-electron chi connectivity index (χ4n) is 5.09. The van der Waals surface area contributed by atoms with Gasteiger partial charge in [0.25, 0.3) is 5.56 Å². The van der Waals surface area contributed by atoms with Crippen molar-refractivity contribution < 1.29 is 14.4 Å². The summed E-state index contributed by atoms with van der Waals surface area (Å²) in [5.74, 6) is -0.491. The number of benzene rings is 1. The first-order valence-corrected chi connectivity index (χ1v) is 14.1. The SMILES string of the molecule is COC(=O)c1c(N(C)C2CCC(C(=NOC(C)(C)C)c3ccccc3)CC2)c2nc(Cl)c(Br)cc2n(C)c1=O. The fraction of sp³-hybridized carbons (Fsp3) is 0.448. The molecule has 0 aliphatic heterocycles. The summed E-state index contributed by atoms with van der Waals surface area (Å²) in [6, 6.07) is 11.9. The summed E-state index contributed by atoms with van der Waals surface area (Å²) in [7, 11) is 4.78. The van der Waals surface area contributed by atoms with Gasteiger partial charge in [0.2, 0.25) is 0 Å². The van der Waals surface area contributed by atoms with Gasteiger partial charge in [-0.2, -0.15) is 0 Å². The van der Waals surface area contributed by atoms with Gasteiger partial charge in [-0.3, -0.25) is 4.79 Å². The highest BCUT2D eigenvalue weighted by Crippen LogP contribution is 2.37. The van der Waals surface area contributed by atoms with E-state index in [9.17, 15) is 9.59 Å². The molecular formula is C29H34BrClN4O4. The Labute approximate surface area is 242 Å². The predicted octanol–water partition coefficient (Wildman–Crippen LogP) is 6.35. The number of fused-ring (bicyclic) bond motifs is 1. The van der Waals surface area contributed by atoms with Gasteiger partial charge in [-0.05, 0) is 74.0 Å². The first-order valence-electron chi connectivity index (χ1n) is 12.9. The van der Waals surface area contributed by atoms with Crippen molar-refractivity contribution in [1.29, 1.82) is 0 Å². The summed E-state index contributed by atoms with van der Waals surface area (Å²) in [5.41, 5.74) is 2.58. The molecule has 2 aromatic heterocycles. The molecule has 0 N–H and O–H groups in total. The molecule has 8 nitrogen and oxygen atoms in total. The van der Waals surface area contributed by atoms with E-state index in [4.69, 9.17) is 21.2 Å². The van der Waals surface area contributed by atoms with Gasteiger partial charge >= 0.3 is 5.97 Å². The van der Waals surface area contributed by atoms with Crippen LogP contribution in [-0.2, 0) is 16.6 Å². The molecule has 2 heterocycles. The Morgan fingerprint density at radius 2 is 1.82 bits per heavy atom. The minimum absolute atomic E-state index is 0.0480. The second-order valence-corrected chi connectivity index (χ2v) is 12.1. The molecule has 208 valence electrons. The lowest BCUT2D eigenvalue weighted by atomic mass is 9.80. The van der Waals surface area contributed by atoms with Crippen molar-refractivity contribution in [2.24, 2.45) is 18.1 Å². The van der Waals surface area contributed by atoms with Crippen molar-refractivity contribution in [3.63, 3.8) is 0 Å². The van der Waals surface area contributed by atoms with Gasteiger partial charge in [-0.15, -0.1) is 0 Å². The lowest BCUT2D eigenvalue weighted by molar-refractivity contribution is -0.0000344. The number of anilines is 1. The van der Waals surface area contributed by atoms with Gasteiger partial charge in [-0.1, -0.05) is 47.1 Å². The highest BCUT2D eigenvalue weighted by atomic mass is 79.9. The van der Waals surface area contributed by atoms with Crippen molar-refractivity contribution in [1.82, 2.24) is 9.55 Å². The summed E-state index contributed by atoms with van der Waals surface area (Å²) in [4.78, 5) is 38.7. The third-order valence-corrected chi connectivity index (χ3v) is 8.24. The van der Waals surface area contributed by atoms with Crippen LogP contribution in [-0.4, -0.2) is 47.0 Å². The number of halogens is 2. The molecule has 1 aliphatic carbocycles. The number of hydrogen-bond donors (Lipinski definition) is 0. The Morgan fingerprint density at radius 3 is 2.41 bits per heavy atom. The zero-order valence-electron chi connectivity index (χ0n) is 23.1. The maximum atomic E-state index is 13.4. The normalized spacial score (nSPS) is 18.2. The van der Waals surface area contributed by atoms with Gasteiger partial charge in [-0.25, -0.2) is 9.78 Å².